The number of hydrogen-bond acceptors (Lipinski definition) is 3. The Kier molecular flexibility index (Phi) is 7.50. The number of benzene rings is 1. The van der Waals surface area contributed by atoms with Crippen LogP contribution in [-0.2, 0) is 0 Å². The van der Waals surface area contributed by atoms with E-state index in [1.807, 2.05) is 6.07 Å². The number of rotatable bonds is 9. The smallest absolute Gasteiger partial charge is 0.124 e. The summed E-state index contributed by atoms with van der Waals surface area (Å²) in [5, 5.41) is 9.00. The maximum Gasteiger partial charge on any atom is 0.124 e. The van der Waals surface area contributed by atoms with Gasteiger partial charge in [-0.3, -0.25) is 0 Å². The highest BCUT2D eigenvalue weighted by Crippen LogP contribution is 2.23. The first-order chi connectivity index (χ1) is 9.30. The first-order valence-corrected chi connectivity index (χ1v) is 6.90. The summed E-state index contributed by atoms with van der Waals surface area (Å²) >= 11 is 0. The van der Waals surface area contributed by atoms with Gasteiger partial charge in [0.25, 0.3) is 0 Å². The first-order valence-electron chi connectivity index (χ1n) is 6.90. The van der Waals surface area contributed by atoms with Gasteiger partial charge in [-0.1, -0.05) is 33.1 Å². The minimum atomic E-state index is 0.567. The lowest BCUT2D eigenvalue weighted by atomic mass is 10.2. The lowest BCUT2D eigenvalue weighted by Gasteiger charge is -2.10. The van der Waals surface area contributed by atoms with Crippen LogP contribution >= 0.6 is 0 Å². The maximum absolute atomic E-state index is 9.00. The molecule has 3 nitrogen and oxygen atoms in total. The monoisotopic (exact) mass is 260 g/mol. The van der Waals surface area contributed by atoms with Crippen molar-refractivity contribution in [3.8, 4) is 17.6 Å². The number of nitriles is 1. The summed E-state index contributed by atoms with van der Waals surface area (Å²) in [7, 11) is 0. The van der Waals surface area contributed by atoms with Crippen molar-refractivity contribution in [2.24, 2.45) is 0 Å². The molecule has 3 heteroatoms. The van der Waals surface area contributed by atoms with E-state index in [0.29, 0.717) is 30.3 Å². The van der Waals surface area contributed by atoms with Crippen molar-refractivity contribution in [3.63, 3.8) is 0 Å². The molecule has 0 aliphatic heterocycles. The van der Waals surface area contributed by atoms with Gasteiger partial charge in [0.15, 0.2) is 0 Å². The van der Waals surface area contributed by atoms with Crippen LogP contribution in [0.4, 0.5) is 0 Å². The summed E-state index contributed by atoms with van der Waals surface area (Å²) in [5.74, 6) is 1.40. The summed E-state index contributed by atoms with van der Waals surface area (Å²) in [4.78, 5) is 0. The molecule has 0 unspecified atom stereocenters. The summed E-state index contributed by atoms with van der Waals surface area (Å²) in [6.45, 7) is 7.23. The number of ether oxygens (including phenoxy) is 2. The average Bonchev–Trinajstić information content (AvgIpc) is 2.44. The van der Waals surface area contributed by atoms with Crippen LogP contribution < -0.4 is 9.47 Å². The van der Waals surface area contributed by atoms with Gasteiger partial charge in [0.2, 0.25) is 0 Å². The molecular weight excluding hydrogens is 238 g/mol. The van der Waals surface area contributed by atoms with Crippen molar-refractivity contribution in [1.82, 2.24) is 0 Å². The summed E-state index contributed by atoms with van der Waals surface area (Å²) < 4.78 is 11.2. The van der Waals surface area contributed by atoms with E-state index >= 15 is 0 Å². The predicted octanol–water partition coefficient (Wildman–Crippen LogP) is 4.12. The van der Waals surface area contributed by atoms with Crippen molar-refractivity contribution in [2.45, 2.75) is 39.0 Å². The first kappa shape index (κ1) is 15.4. The minimum absolute atomic E-state index is 0.567. The second kappa shape index (κ2) is 9.27. The highest BCUT2D eigenvalue weighted by atomic mass is 16.5. The molecule has 0 fully saturated rings. The van der Waals surface area contributed by atoms with Crippen LogP contribution in [0.25, 0.3) is 0 Å². The molecule has 0 bridgehead atoms. The number of hydrogen-bond donors (Lipinski definition) is 0. The van der Waals surface area contributed by atoms with Crippen molar-refractivity contribution in [1.29, 1.82) is 5.26 Å². The molecule has 103 valence electrons. The van der Waals surface area contributed by atoms with Gasteiger partial charge in [0.1, 0.15) is 11.5 Å². The summed E-state index contributed by atoms with van der Waals surface area (Å²) in [6, 6.07) is 7.46. The Morgan fingerprint density at radius 3 is 2.21 bits per heavy atom. The molecule has 1 rings (SSSR count). The summed E-state index contributed by atoms with van der Waals surface area (Å²) in [6.07, 6.45) is 5.11. The molecule has 0 amide bonds. The number of nitrogens with zero attached hydrogens (tertiary/aromatic N) is 1. The van der Waals surface area contributed by atoms with Gasteiger partial charge in [0, 0.05) is 6.07 Å². The molecule has 0 saturated heterocycles. The molecule has 0 spiro atoms. The Bertz CT molecular complexity index is 410. The normalized spacial score (nSPS) is 9.95. The van der Waals surface area contributed by atoms with E-state index in [1.165, 1.54) is 6.42 Å². The fourth-order valence-corrected chi connectivity index (χ4v) is 1.64. The Morgan fingerprint density at radius 1 is 1.05 bits per heavy atom. The highest BCUT2D eigenvalue weighted by molar-refractivity contribution is 5.43. The van der Waals surface area contributed by atoms with Crippen molar-refractivity contribution < 1.29 is 9.47 Å². The maximum atomic E-state index is 9.00. The molecule has 19 heavy (non-hydrogen) atoms. The predicted molar refractivity (Wildman–Crippen MR) is 76.3 cm³/mol. The lowest BCUT2D eigenvalue weighted by molar-refractivity contribution is 0.293. The quantitative estimate of drug-likeness (QED) is 0.627. The minimum Gasteiger partial charge on any atom is -0.493 e. The SMILES string of the molecule is [CH2]CCCOc1cc(C#N)cc(OCCCCC)c1. The molecule has 0 heterocycles. The van der Waals surface area contributed by atoms with Gasteiger partial charge in [0.05, 0.1) is 24.8 Å². The topological polar surface area (TPSA) is 42.2 Å². The van der Waals surface area contributed by atoms with Crippen molar-refractivity contribution in [2.75, 3.05) is 13.2 Å². The van der Waals surface area contributed by atoms with Crippen molar-refractivity contribution >= 4 is 0 Å². The molecule has 0 N–H and O–H groups in total. The molecular formula is C16H22NO2. The molecule has 1 aromatic carbocycles. The van der Waals surface area contributed by atoms with Crippen LogP contribution in [0.5, 0.6) is 11.5 Å². The van der Waals surface area contributed by atoms with Crippen molar-refractivity contribution in [3.05, 3.63) is 30.7 Å². The molecule has 0 aliphatic rings. The zero-order chi connectivity index (χ0) is 13.9. The van der Waals surface area contributed by atoms with E-state index in [1.54, 1.807) is 12.1 Å². The fraction of sp³-hybridized carbons (Fsp3) is 0.500. The molecule has 0 atom stereocenters. The second-order valence-electron chi connectivity index (χ2n) is 4.42. The molecule has 1 radical (unpaired) electrons. The zero-order valence-corrected chi connectivity index (χ0v) is 11.7. The van der Waals surface area contributed by atoms with E-state index in [0.717, 1.165) is 25.7 Å². The Balaban J connectivity index is 2.59. The Hall–Kier alpha value is -1.69. The molecule has 0 aliphatic carbocycles. The van der Waals surface area contributed by atoms with Gasteiger partial charge in [-0.2, -0.15) is 5.26 Å². The summed E-state index contributed by atoms with van der Waals surface area (Å²) in [5.41, 5.74) is 0.567. The third kappa shape index (κ3) is 6.15. The van der Waals surface area contributed by atoms with E-state index in [9.17, 15) is 0 Å². The van der Waals surface area contributed by atoms with Crippen LogP contribution in [0, 0.1) is 18.3 Å². The van der Waals surface area contributed by atoms with Gasteiger partial charge in [-0.15, -0.1) is 0 Å². The van der Waals surface area contributed by atoms with Gasteiger partial charge in [-0.05, 0) is 25.0 Å². The third-order valence-electron chi connectivity index (χ3n) is 2.69. The highest BCUT2D eigenvalue weighted by Gasteiger charge is 2.03. The second-order valence-corrected chi connectivity index (χ2v) is 4.42. The van der Waals surface area contributed by atoms with Crippen LogP contribution in [0.15, 0.2) is 18.2 Å². The van der Waals surface area contributed by atoms with Gasteiger partial charge >= 0.3 is 0 Å². The molecule has 1 aromatic rings. The fourth-order valence-electron chi connectivity index (χ4n) is 1.64. The lowest BCUT2D eigenvalue weighted by Crippen LogP contribution is -2.00. The van der Waals surface area contributed by atoms with E-state index < -0.39 is 0 Å². The standard InChI is InChI=1S/C16H22NO2/c1-3-5-7-9-19-16-11-14(13-17)10-15(12-16)18-8-6-4-2/h10-12H,2-9H2,1H3. The van der Waals surface area contributed by atoms with Crippen LogP contribution in [0.2, 0.25) is 0 Å². The van der Waals surface area contributed by atoms with Crippen LogP contribution in [0.3, 0.4) is 0 Å². The Morgan fingerprint density at radius 2 is 1.68 bits per heavy atom. The largest absolute Gasteiger partial charge is 0.493 e. The Labute approximate surface area is 116 Å². The van der Waals surface area contributed by atoms with Gasteiger partial charge < -0.3 is 9.47 Å². The van der Waals surface area contributed by atoms with Crippen LogP contribution in [0.1, 0.15) is 44.6 Å². The van der Waals surface area contributed by atoms with E-state index in [2.05, 4.69) is 19.9 Å². The number of unbranched alkanes of at least 4 members (excludes halogenated alkanes) is 3. The van der Waals surface area contributed by atoms with E-state index in [-0.39, 0.29) is 0 Å². The van der Waals surface area contributed by atoms with E-state index in [4.69, 9.17) is 14.7 Å². The molecule has 0 aromatic heterocycles. The zero-order valence-electron chi connectivity index (χ0n) is 11.7. The third-order valence-corrected chi connectivity index (χ3v) is 2.69. The van der Waals surface area contributed by atoms with Gasteiger partial charge in [-0.25, -0.2) is 0 Å². The average molecular weight is 260 g/mol. The van der Waals surface area contributed by atoms with Crippen LogP contribution in [-0.4, -0.2) is 13.2 Å². The molecule has 0 saturated carbocycles.